The summed E-state index contributed by atoms with van der Waals surface area (Å²) < 4.78 is 0. The molecule has 1 rings (SSSR count). The molecule has 6 nitrogen and oxygen atoms in total. The minimum Gasteiger partial charge on any atom is -0.362 e. The lowest BCUT2D eigenvalue weighted by molar-refractivity contribution is -0.124. The summed E-state index contributed by atoms with van der Waals surface area (Å²) in [5, 5.41) is 8.55. The molecule has 0 aliphatic heterocycles. The first-order valence-electron chi connectivity index (χ1n) is 7.82. The Labute approximate surface area is 139 Å². The summed E-state index contributed by atoms with van der Waals surface area (Å²) >= 11 is 0. The number of nitrogens with zero attached hydrogens (tertiary/aromatic N) is 1. The van der Waals surface area contributed by atoms with Gasteiger partial charge in [0, 0.05) is 25.5 Å². The number of amides is 2. The van der Waals surface area contributed by atoms with Crippen molar-refractivity contribution < 1.29 is 9.59 Å². The minimum atomic E-state index is -0.321. The number of hydrogen-bond donors (Lipinski definition) is 3. The summed E-state index contributed by atoms with van der Waals surface area (Å²) in [6.07, 6.45) is 4.04. The molecule has 0 saturated heterocycles. The van der Waals surface area contributed by atoms with Crippen molar-refractivity contribution in [3.63, 3.8) is 0 Å². The SMILES string of the molecule is CCNC(C(=O)NC(C)C(C)(C)C)c1ccncc1.CNC=O. The fourth-order valence-electron chi connectivity index (χ4n) is 1.64. The van der Waals surface area contributed by atoms with Crippen LogP contribution in [0.15, 0.2) is 24.5 Å². The summed E-state index contributed by atoms with van der Waals surface area (Å²) in [7, 11) is 1.56. The van der Waals surface area contributed by atoms with Crippen LogP contribution >= 0.6 is 0 Å². The van der Waals surface area contributed by atoms with Crippen LogP contribution in [0.2, 0.25) is 0 Å². The van der Waals surface area contributed by atoms with Crippen molar-refractivity contribution in [3.05, 3.63) is 30.1 Å². The molecule has 2 amide bonds. The van der Waals surface area contributed by atoms with E-state index in [-0.39, 0.29) is 23.4 Å². The number of hydrogen-bond acceptors (Lipinski definition) is 4. The molecule has 23 heavy (non-hydrogen) atoms. The molecule has 0 saturated carbocycles. The van der Waals surface area contributed by atoms with Gasteiger partial charge in [0.2, 0.25) is 12.3 Å². The highest BCUT2D eigenvalue weighted by Gasteiger charge is 2.26. The van der Waals surface area contributed by atoms with E-state index in [1.165, 1.54) is 0 Å². The van der Waals surface area contributed by atoms with E-state index in [2.05, 4.69) is 41.7 Å². The zero-order valence-electron chi connectivity index (χ0n) is 15.0. The first kappa shape index (κ1) is 21.0. The van der Waals surface area contributed by atoms with Crippen LogP contribution in [-0.2, 0) is 9.59 Å². The van der Waals surface area contributed by atoms with Gasteiger partial charge in [-0.25, -0.2) is 0 Å². The molecule has 0 spiro atoms. The van der Waals surface area contributed by atoms with Crippen molar-refractivity contribution in [1.29, 1.82) is 0 Å². The van der Waals surface area contributed by atoms with Crippen molar-refractivity contribution >= 4 is 12.3 Å². The van der Waals surface area contributed by atoms with Crippen LogP contribution < -0.4 is 16.0 Å². The smallest absolute Gasteiger partial charge is 0.241 e. The molecule has 0 aromatic carbocycles. The second-order valence-corrected chi connectivity index (χ2v) is 6.27. The summed E-state index contributed by atoms with van der Waals surface area (Å²) in [4.78, 5) is 25.4. The first-order chi connectivity index (χ1) is 10.8. The normalized spacial score (nSPS) is 13.1. The van der Waals surface area contributed by atoms with Gasteiger partial charge in [-0.15, -0.1) is 0 Å². The van der Waals surface area contributed by atoms with E-state index >= 15 is 0 Å². The van der Waals surface area contributed by atoms with Crippen molar-refractivity contribution in [2.45, 2.75) is 46.7 Å². The minimum absolute atomic E-state index is 0.00970. The Hall–Kier alpha value is -1.95. The molecule has 0 aliphatic rings. The topological polar surface area (TPSA) is 83.1 Å². The van der Waals surface area contributed by atoms with Gasteiger partial charge < -0.3 is 16.0 Å². The molecule has 1 aromatic rings. The number of likely N-dealkylation sites (N-methyl/N-ethyl adjacent to an activating group) is 1. The number of carbonyl (C=O) groups excluding carboxylic acids is 2. The van der Waals surface area contributed by atoms with Crippen LogP contribution in [0.4, 0.5) is 0 Å². The summed E-state index contributed by atoms with van der Waals surface area (Å²) in [5.41, 5.74) is 0.987. The number of pyridine rings is 1. The third-order valence-electron chi connectivity index (χ3n) is 3.49. The first-order valence-corrected chi connectivity index (χ1v) is 7.82. The third kappa shape index (κ3) is 8.30. The van der Waals surface area contributed by atoms with Gasteiger partial charge in [0.25, 0.3) is 0 Å². The van der Waals surface area contributed by atoms with Gasteiger partial charge in [0.1, 0.15) is 6.04 Å². The van der Waals surface area contributed by atoms with Crippen LogP contribution in [0.3, 0.4) is 0 Å². The zero-order valence-corrected chi connectivity index (χ0v) is 15.0. The van der Waals surface area contributed by atoms with Gasteiger partial charge in [-0.2, -0.15) is 0 Å². The van der Waals surface area contributed by atoms with E-state index in [4.69, 9.17) is 4.79 Å². The highest BCUT2D eigenvalue weighted by molar-refractivity contribution is 5.83. The van der Waals surface area contributed by atoms with Crippen LogP contribution in [0.5, 0.6) is 0 Å². The Balaban J connectivity index is 0.00000108. The molecule has 0 aliphatic carbocycles. The van der Waals surface area contributed by atoms with E-state index in [9.17, 15) is 4.79 Å². The fourth-order valence-corrected chi connectivity index (χ4v) is 1.64. The molecular formula is C17H30N4O2. The Morgan fingerprint density at radius 3 is 2.22 bits per heavy atom. The maximum Gasteiger partial charge on any atom is 0.241 e. The van der Waals surface area contributed by atoms with Gasteiger partial charge in [-0.1, -0.05) is 27.7 Å². The van der Waals surface area contributed by atoms with Gasteiger partial charge in [0.05, 0.1) is 0 Å². The standard InChI is InChI=1S/C15H25N3O.C2H5NO/c1-6-17-13(12-7-9-16-10-8-12)14(19)18-11(2)15(3,4)5;1-3-2-4/h7-11,13,17H,6H2,1-5H3,(H,18,19);2H,1H3,(H,3,4). The van der Waals surface area contributed by atoms with Crippen molar-refractivity contribution in [3.8, 4) is 0 Å². The Morgan fingerprint density at radius 1 is 1.30 bits per heavy atom. The van der Waals surface area contributed by atoms with Gasteiger partial charge in [-0.3, -0.25) is 14.6 Å². The van der Waals surface area contributed by atoms with E-state index < -0.39 is 0 Å². The summed E-state index contributed by atoms with van der Waals surface area (Å²) in [6, 6.07) is 3.53. The van der Waals surface area contributed by atoms with Gasteiger partial charge in [-0.05, 0) is 36.6 Å². The molecule has 6 heteroatoms. The van der Waals surface area contributed by atoms with E-state index in [1.807, 2.05) is 26.0 Å². The Bertz CT molecular complexity index is 457. The maximum atomic E-state index is 12.4. The maximum absolute atomic E-state index is 12.4. The van der Waals surface area contributed by atoms with Crippen LogP contribution in [0, 0.1) is 5.41 Å². The summed E-state index contributed by atoms with van der Waals surface area (Å²) in [5.74, 6) is 0.00970. The van der Waals surface area contributed by atoms with Gasteiger partial charge in [0.15, 0.2) is 0 Å². The molecule has 130 valence electrons. The zero-order chi connectivity index (χ0) is 17.9. The number of carbonyl (C=O) groups is 2. The van der Waals surface area contributed by atoms with Crippen molar-refractivity contribution in [2.75, 3.05) is 13.6 Å². The molecule has 1 aromatic heterocycles. The molecule has 2 unspecified atom stereocenters. The van der Waals surface area contributed by atoms with Crippen LogP contribution in [0.1, 0.15) is 46.2 Å². The lowest BCUT2D eigenvalue weighted by Gasteiger charge is -2.30. The molecule has 3 N–H and O–H groups in total. The highest BCUT2D eigenvalue weighted by Crippen LogP contribution is 2.20. The number of nitrogens with one attached hydrogen (secondary N) is 3. The Morgan fingerprint density at radius 2 is 1.83 bits per heavy atom. The third-order valence-corrected chi connectivity index (χ3v) is 3.49. The van der Waals surface area contributed by atoms with Gasteiger partial charge >= 0.3 is 0 Å². The molecule has 0 bridgehead atoms. The predicted molar refractivity (Wildman–Crippen MR) is 92.8 cm³/mol. The lowest BCUT2D eigenvalue weighted by atomic mass is 9.88. The fraction of sp³-hybridized carbons (Fsp3) is 0.588. The summed E-state index contributed by atoms with van der Waals surface area (Å²) in [6.45, 7) is 11.1. The average molecular weight is 322 g/mol. The monoisotopic (exact) mass is 322 g/mol. The second-order valence-electron chi connectivity index (χ2n) is 6.27. The molecule has 0 radical (unpaired) electrons. The van der Waals surface area contributed by atoms with E-state index in [0.717, 1.165) is 12.1 Å². The van der Waals surface area contributed by atoms with E-state index in [0.29, 0.717) is 6.41 Å². The largest absolute Gasteiger partial charge is 0.362 e. The molecular weight excluding hydrogens is 292 g/mol. The van der Waals surface area contributed by atoms with E-state index in [1.54, 1.807) is 19.4 Å². The number of aromatic nitrogens is 1. The van der Waals surface area contributed by atoms with Crippen molar-refractivity contribution in [1.82, 2.24) is 20.9 Å². The Kier molecular flexibility index (Phi) is 9.81. The number of rotatable bonds is 6. The van der Waals surface area contributed by atoms with Crippen LogP contribution in [-0.4, -0.2) is 36.9 Å². The lowest BCUT2D eigenvalue weighted by Crippen LogP contribution is -2.46. The van der Waals surface area contributed by atoms with Crippen LogP contribution in [0.25, 0.3) is 0 Å². The highest BCUT2D eigenvalue weighted by atomic mass is 16.2. The average Bonchev–Trinajstić information content (AvgIpc) is 2.52. The molecule has 0 fully saturated rings. The predicted octanol–water partition coefficient (Wildman–Crippen LogP) is 1.65. The van der Waals surface area contributed by atoms with Crippen molar-refractivity contribution in [2.24, 2.45) is 5.41 Å². The quantitative estimate of drug-likeness (QED) is 0.695. The molecule has 2 atom stereocenters. The molecule has 1 heterocycles. The second kappa shape index (κ2) is 10.7.